The van der Waals surface area contributed by atoms with Gasteiger partial charge in [-0.15, -0.1) is 0 Å². The second kappa shape index (κ2) is 7.91. The minimum atomic E-state index is -1.41. The van der Waals surface area contributed by atoms with Gasteiger partial charge in [0.15, 0.2) is 0 Å². The zero-order valence-corrected chi connectivity index (χ0v) is 16.5. The molecule has 2 unspecified atom stereocenters. The molecule has 2 aromatic rings. The molecule has 1 aromatic carbocycles. The number of hydrogen-bond donors (Lipinski definition) is 2. The van der Waals surface area contributed by atoms with Gasteiger partial charge < -0.3 is 15.5 Å². The maximum absolute atomic E-state index is 14.8. The predicted molar refractivity (Wildman–Crippen MR) is 108 cm³/mol. The molecule has 2 atom stereocenters. The molecule has 2 saturated heterocycles. The molecule has 29 heavy (non-hydrogen) atoms. The minimum absolute atomic E-state index is 0.0600. The molecular weight excluding hydrogens is 371 g/mol. The van der Waals surface area contributed by atoms with E-state index in [1.165, 1.54) is 0 Å². The largest absolute Gasteiger partial charge is 0.367 e. The van der Waals surface area contributed by atoms with E-state index in [4.69, 9.17) is 0 Å². The fourth-order valence-electron chi connectivity index (χ4n) is 4.34. The quantitative estimate of drug-likeness (QED) is 0.820. The van der Waals surface area contributed by atoms with Crippen LogP contribution >= 0.6 is 0 Å². The number of fused-ring (bicyclic) bond motifs is 1. The summed E-state index contributed by atoms with van der Waals surface area (Å²) < 4.78 is 14.8. The van der Waals surface area contributed by atoms with Crippen LogP contribution in [-0.4, -0.2) is 53.8 Å². The summed E-state index contributed by atoms with van der Waals surface area (Å²) in [4.78, 5) is 23.4. The van der Waals surface area contributed by atoms with E-state index in [1.54, 1.807) is 18.5 Å². The predicted octanol–water partition coefficient (Wildman–Crippen LogP) is 1.92. The van der Waals surface area contributed by atoms with Crippen molar-refractivity contribution in [2.75, 3.05) is 31.1 Å². The number of nitriles is 1. The highest BCUT2D eigenvalue weighted by Gasteiger charge is 2.37. The third-order valence-electron chi connectivity index (χ3n) is 6.00. The molecule has 7 nitrogen and oxygen atoms in total. The Bertz CT molecular complexity index is 952. The van der Waals surface area contributed by atoms with Crippen LogP contribution in [0.2, 0.25) is 0 Å². The Morgan fingerprint density at radius 1 is 1.31 bits per heavy atom. The van der Waals surface area contributed by atoms with E-state index in [0.717, 1.165) is 12.2 Å². The number of alkyl halides is 1. The molecule has 0 spiro atoms. The van der Waals surface area contributed by atoms with E-state index in [2.05, 4.69) is 38.5 Å². The first-order chi connectivity index (χ1) is 14.0. The molecule has 4 rings (SSSR count). The summed E-state index contributed by atoms with van der Waals surface area (Å²) in [7, 11) is 0. The van der Waals surface area contributed by atoms with Gasteiger partial charge in [-0.1, -0.05) is 6.92 Å². The first-order valence-corrected chi connectivity index (χ1v) is 10.1. The molecule has 1 aromatic heterocycles. The highest BCUT2D eigenvalue weighted by molar-refractivity contribution is 5.92. The van der Waals surface area contributed by atoms with Gasteiger partial charge in [-0.3, -0.25) is 14.8 Å². The monoisotopic (exact) mass is 396 g/mol. The Morgan fingerprint density at radius 2 is 2.03 bits per heavy atom. The first-order valence-electron chi connectivity index (χ1n) is 10.1. The van der Waals surface area contributed by atoms with Crippen molar-refractivity contribution >= 4 is 22.6 Å². The van der Waals surface area contributed by atoms with Crippen LogP contribution in [0.5, 0.6) is 0 Å². The first kappa shape index (κ1) is 19.5. The molecule has 2 aliphatic rings. The van der Waals surface area contributed by atoms with Crippen LogP contribution in [0, 0.1) is 17.2 Å². The molecule has 1 amide bonds. The molecule has 0 bridgehead atoms. The maximum atomic E-state index is 14.8. The van der Waals surface area contributed by atoms with Gasteiger partial charge in [0, 0.05) is 25.5 Å². The summed E-state index contributed by atoms with van der Waals surface area (Å²) >= 11 is 0. The summed E-state index contributed by atoms with van der Waals surface area (Å²) in [5.41, 5.74) is 1.25. The lowest BCUT2D eigenvalue weighted by molar-refractivity contribution is -0.125. The zero-order valence-electron chi connectivity index (χ0n) is 16.5. The van der Waals surface area contributed by atoms with Crippen LogP contribution in [0.3, 0.4) is 0 Å². The van der Waals surface area contributed by atoms with E-state index in [0.29, 0.717) is 49.1 Å². The molecule has 3 heterocycles. The van der Waals surface area contributed by atoms with E-state index in [1.807, 2.05) is 6.07 Å². The molecular formula is C21H25FN6O. The summed E-state index contributed by atoms with van der Waals surface area (Å²) in [5, 5.41) is 15.5. The number of halogens is 1. The third-order valence-corrected chi connectivity index (χ3v) is 6.00. The van der Waals surface area contributed by atoms with Crippen LogP contribution in [0.25, 0.3) is 11.0 Å². The van der Waals surface area contributed by atoms with Gasteiger partial charge in [0.1, 0.15) is 22.8 Å². The Morgan fingerprint density at radius 3 is 2.76 bits per heavy atom. The minimum Gasteiger partial charge on any atom is -0.367 e. The van der Waals surface area contributed by atoms with Gasteiger partial charge in [-0.25, -0.2) is 4.39 Å². The lowest BCUT2D eigenvalue weighted by Gasteiger charge is -2.30. The van der Waals surface area contributed by atoms with Crippen molar-refractivity contribution in [3.8, 4) is 6.07 Å². The topological polar surface area (TPSA) is 93.9 Å². The van der Waals surface area contributed by atoms with Gasteiger partial charge >= 0.3 is 0 Å². The highest BCUT2D eigenvalue weighted by Crippen LogP contribution is 2.31. The number of amides is 1. The van der Waals surface area contributed by atoms with Crippen molar-refractivity contribution in [1.29, 1.82) is 5.26 Å². The van der Waals surface area contributed by atoms with Gasteiger partial charge in [0.2, 0.25) is 5.91 Å². The van der Waals surface area contributed by atoms with E-state index >= 15 is 0 Å². The SMILES string of the molecule is CC1CN(c2ccc(C#N)c3nccnc23)CC1NC(=O)CC1(F)CCNCC1. The van der Waals surface area contributed by atoms with Gasteiger partial charge in [0.25, 0.3) is 0 Å². The number of piperidine rings is 1. The fraction of sp³-hybridized carbons (Fsp3) is 0.524. The molecule has 8 heteroatoms. The summed E-state index contributed by atoms with van der Waals surface area (Å²) in [6, 6.07) is 5.74. The molecule has 0 aliphatic carbocycles. The molecule has 2 fully saturated rings. The van der Waals surface area contributed by atoms with Crippen LogP contribution < -0.4 is 15.5 Å². The number of rotatable bonds is 4. The fourth-order valence-corrected chi connectivity index (χ4v) is 4.34. The Hall–Kier alpha value is -2.79. The molecule has 0 saturated carbocycles. The van der Waals surface area contributed by atoms with Crippen molar-refractivity contribution in [3.63, 3.8) is 0 Å². The van der Waals surface area contributed by atoms with Crippen molar-refractivity contribution in [2.24, 2.45) is 5.92 Å². The number of aromatic nitrogens is 2. The number of benzene rings is 1. The highest BCUT2D eigenvalue weighted by atomic mass is 19.1. The van der Waals surface area contributed by atoms with E-state index in [9.17, 15) is 14.4 Å². The molecule has 2 aliphatic heterocycles. The summed E-state index contributed by atoms with van der Waals surface area (Å²) in [5.74, 6) is -0.0116. The lowest BCUT2D eigenvalue weighted by Crippen LogP contribution is -2.46. The van der Waals surface area contributed by atoms with Crippen molar-refractivity contribution in [3.05, 3.63) is 30.1 Å². The second-order valence-electron chi connectivity index (χ2n) is 8.13. The number of nitrogens with one attached hydrogen (secondary N) is 2. The van der Waals surface area contributed by atoms with Crippen LogP contribution in [0.4, 0.5) is 10.1 Å². The van der Waals surface area contributed by atoms with Gasteiger partial charge in [-0.05, 0) is 44.0 Å². The number of hydrogen-bond acceptors (Lipinski definition) is 6. The normalized spacial score (nSPS) is 23.7. The van der Waals surface area contributed by atoms with E-state index < -0.39 is 5.67 Å². The van der Waals surface area contributed by atoms with Gasteiger partial charge in [0.05, 0.1) is 23.7 Å². The summed E-state index contributed by atoms with van der Waals surface area (Å²) in [6.07, 6.45) is 3.87. The van der Waals surface area contributed by atoms with Crippen LogP contribution in [-0.2, 0) is 4.79 Å². The van der Waals surface area contributed by atoms with Crippen molar-refractivity contribution < 1.29 is 9.18 Å². The van der Waals surface area contributed by atoms with E-state index in [-0.39, 0.29) is 24.3 Å². The Kier molecular flexibility index (Phi) is 5.33. The molecule has 2 N–H and O–H groups in total. The average Bonchev–Trinajstić information content (AvgIpc) is 3.07. The Balaban J connectivity index is 1.47. The number of carbonyl (C=O) groups is 1. The standard InChI is InChI=1S/C21H25FN6O/c1-14-12-28(17-3-2-15(11-23)19-20(17)26-9-8-25-19)13-16(14)27-18(29)10-21(22)4-6-24-7-5-21/h2-3,8-9,14,16,24H,4-7,10,12-13H2,1H3,(H,27,29). The lowest BCUT2D eigenvalue weighted by atomic mass is 9.90. The average molecular weight is 396 g/mol. The third kappa shape index (κ3) is 4.01. The number of nitrogens with zero attached hydrogens (tertiary/aromatic N) is 4. The van der Waals surface area contributed by atoms with Crippen LogP contribution in [0.1, 0.15) is 31.7 Å². The molecule has 0 radical (unpaired) electrons. The summed E-state index contributed by atoms with van der Waals surface area (Å²) in [6.45, 7) is 4.67. The smallest absolute Gasteiger partial charge is 0.223 e. The van der Waals surface area contributed by atoms with Crippen molar-refractivity contribution in [1.82, 2.24) is 20.6 Å². The molecule has 152 valence electrons. The zero-order chi connectivity index (χ0) is 20.4. The van der Waals surface area contributed by atoms with Crippen molar-refractivity contribution in [2.45, 2.75) is 37.9 Å². The number of anilines is 1. The maximum Gasteiger partial charge on any atom is 0.223 e. The Labute approximate surface area is 169 Å². The van der Waals surface area contributed by atoms with Crippen LogP contribution in [0.15, 0.2) is 24.5 Å². The second-order valence-corrected chi connectivity index (χ2v) is 8.13. The van der Waals surface area contributed by atoms with Gasteiger partial charge in [-0.2, -0.15) is 5.26 Å². The number of carbonyl (C=O) groups excluding carboxylic acids is 1.